The molecule has 120 valence electrons. The molecule has 1 rings (SSSR count). The Labute approximate surface area is 176 Å². The monoisotopic (exact) mass is 675 g/mol. The highest BCUT2D eigenvalue weighted by Gasteiger charge is 2.36. The molecule has 0 amide bonds. The maximum absolute atomic E-state index is 4.61. The average Bonchev–Trinajstić information content (AvgIpc) is 2.46. The molecule has 21 heavy (non-hydrogen) atoms. The maximum Gasteiger partial charge on any atom is 0.160 e. The van der Waals surface area contributed by atoms with Crippen LogP contribution >= 0.6 is 95.6 Å². The molecule has 9 heteroatoms. The van der Waals surface area contributed by atoms with Crippen LogP contribution in [0.15, 0.2) is 0 Å². The fourth-order valence-electron chi connectivity index (χ4n) is 1.34. The smallest absolute Gasteiger partial charge is 0.160 e. The standard InChI is InChI=1S/C12H15Br6N3/c1-4-10(13,14)7-19-8(11(15,16)5-2)21-9(20-7)12(17,18)6-3/h4-6H2,1-3H3. The third-order valence-electron chi connectivity index (χ3n) is 2.95. The Balaban J connectivity index is 3.55. The van der Waals surface area contributed by atoms with Gasteiger partial charge in [0.05, 0.1) is 0 Å². The number of hydrogen-bond donors (Lipinski definition) is 0. The molecule has 0 bridgehead atoms. The minimum Gasteiger partial charge on any atom is -0.213 e. The van der Waals surface area contributed by atoms with E-state index in [2.05, 4.69) is 131 Å². The number of rotatable bonds is 6. The van der Waals surface area contributed by atoms with Gasteiger partial charge in [-0.25, -0.2) is 15.0 Å². The summed E-state index contributed by atoms with van der Waals surface area (Å²) in [7, 11) is 0. The van der Waals surface area contributed by atoms with E-state index in [1.165, 1.54) is 0 Å². The summed E-state index contributed by atoms with van der Waals surface area (Å²) >= 11 is 21.8. The van der Waals surface area contributed by atoms with Crippen LogP contribution in [-0.2, 0) is 9.70 Å². The molecule has 1 aromatic heterocycles. The molecule has 0 aliphatic carbocycles. The highest BCUT2D eigenvalue weighted by Crippen LogP contribution is 2.46. The Hall–Kier alpha value is 1.89. The lowest BCUT2D eigenvalue weighted by Gasteiger charge is -2.25. The van der Waals surface area contributed by atoms with Crippen LogP contribution in [0.3, 0.4) is 0 Å². The zero-order valence-corrected chi connectivity index (χ0v) is 21.2. The van der Waals surface area contributed by atoms with Crippen molar-refractivity contribution >= 4 is 95.6 Å². The molecule has 1 aromatic rings. The lowest BCUT2D eigenvalue weighted by atomic mass is 10.2. The van der Waals surface area contributed by atoms with Gasteiger partial charge in [0.2, 0.25) is 0 Å². The minimum atomic E-state index is -0.472. The Bertz CT molecular complexity index is 420. The first-order valence-corrected chi connectivity index (χ1v) is 11.2. The maximum atomic E-state index is 4.61. The summed E-state index contributed by atoms with van der Waals surface area (Å²) in [6.07, 6.45) is 2.38. The van der Waals surface area contributed by atoms with E-state index >= 15 is 0 Å². The van der Waals surface area contributed by atoms with Gasteiger partial charge in [0.1, 0.15) is 9.70 Å². The second-order valence-corrected chi connectivity index (χ2v) is 15.8. The normalized spacial score (nSPS) is 13.6. The average molecular weight is 681 g/mol. The molecule has 0 spiro atoms. The number of hydrogen-bond acceptors (Lipinski definition) is 3. The van der Waals surface area contributed by atoms with Crippen molar-refractivity contribution in [1.82, 2.24) is 15.0 Å². The summed E-state index contributed by atoms with van der Waals surface area (Å²) in [6.45, 7) is 6.16. The molecule has 1 heterocycles. The Morgan fingerprint density at radius 2 is 0.762 bits per heavy atom. The summed E-state index contributed by atoms with van der Waals surface area (Å²) in [5, 5.41) is 0. The minimum absolute atomic E-state index is 0.472. The topological polar surface area (TPSA) is 38.7 Å². The molecular weight excluding hydrogens is 666 g/mol. The van der Waals surface area contributed by atoms with E-state index in [0.29, 0.717) is 17.5 Å². The van der Waals surface area contributed by atoms with Gasteiger partial charge in [-0.2, -0.15) is 0 Å². The van der Waals surface area contributed by atoms with Crippen LogP contribution in [0.25, 0.3) is 0 Å². The van der Waals surface area contributed by atoms with Gasteiger partial charge >= 0.3 is 0 Å². The summed E-state index contributed by atoms with van der Waals surface area (Å²) in [5.41, 5.74) is 0. The zero-order valence-electron chi connectivity index (χ0n) is 11.7. The van der Waals surface area contributed by atoms with Crippen LogP contribution < -0.4 is 0 Å². The van der Waals surface area contributed by atoms with E-state index in [1.807, 2.05) is 0 Å². The van der Waals surface area contributed by atoms with Gasteiger partial charge in [0, 0.05) is 0 Å². The lowest BCUT2D eigenvalue weighted by molar-refractivity contribution is 0.665. The van der Waals surface area contributed by atoms with Crippen molar-refractivity contribution in [3.05, 3.63) is 17.5 Å². The highest BCUT2D eigenvalue weighted by atomic mass is 79.9. The second-order valence-electron chi connectivity index (χ2n) is 4.48. The number of alkyl halides is 6. The van der Waals surface area contributed by atoms with E-state index < -0.39 is 9.70 Å². The van der Waals surface area contributed by atoms with E-state index in [-0.39, 0.29) is 0 Å². The van der Waals surface area contributed by atoms with Crippen molar-refractivity contribution in [2.45, 2.75) is 49.7 Å². The molecule has 0 N–H and O–H groups in total. The summed E-state index contributed by atoms with van der Waals surface area (Å²) in [4.78, 5) is 13.8. The summed E-state index contributed by atoms with van der Waals surface area (Å²) < 4.78 is -1.42. The number of aromatic nitrogens is 3. The molecule has 0 fully saturated rings. The van der Waals surface area contributed by atoms with Crippen LogP contribution in [-0.4, -0.2) is 15.0 Å². The Morgan fingerprint density at radius 1 is 0.571 bits per heavy atom. The van der Waals surface area contributed by atoms with Gasteiger partial charge in [-0.3, -0.25) is 0 Å². The van der Waals surface area contributed by atoms with Crippen LogP contribution in [0.4, 0.5) is 0 Å². The van der Waals surface area contributed by atoms with Gasteiger partial charge in [-0.05, 0) is 19.3 Å². The SMILES string of the molecule is CCC(Br)(Br)c1nc(C(Br)(Br)CC)nc(C(Br)(Br)CC)n1. The van der Waals surface area contributed by atoms with Crippen molar-refractivity contribution in [2.24, 2.45) is 0 Å². The van der Waals surface area contributed by atoms with Gasteiger partial charge < -0.3 is 0 Å². The van der Waals surface area contributed by atoms with Crippen LogP contribution in [0, 0.1) is 0 Å². The van der Waals surface area contributed by atoms with Crippen LogP contribution in [0.5, 0.6) is 0 Å². The van der Waals surface area contributed by atoms with E-state index in [0.717, 1.165) is 19.3 Å². The molecule has 0 saturated carbocycles. The van der Waals surface area contributed by atoms with E-state index in [1.54, 1.807) is 0 Å². The van der Waals surface area contributed by atoms with E-state index in [9.17, 15) is 0 Å². The predicted octanol–water partition coefficient (Wildman–Crippen LogP) is 6.93. The molecule has 0 aliphatic heterocycles. The molecule has 0 saturated heterocycles. The third kappa shape index (κ3) is 5.18. The van der Waals surface area contributed by atoms with Crippen LogP contribution in [0.2, 0.25) is 0 Å². The highest BCUT2D eigenvalue weighted by molar-refractivity contribution is 9.25. The van der Waals surface area contributed by atoms with Gasteiger partial charge in [-0.1, -0.05) is 116 Å². The largest absolute Gasteiger partial charge is 0.213 e. The first-order chi connectivity index (χ1) is 9.50. The van der Waals surface area contributed by atoms with Crippen molar-refractivity contribution in [1.29, 1.82) is 0 Å². The predicted molar refractivity (Wildman–Crippen MR) is 109 cm³/mol. The number of nitrogens with zero attached hydrogens (tertiary/aromatic N) is 3. The Kier molecular flexibility index (Phi) is 7.82. The van der Waals surface area contributed by atoms with Crippen molar-refractivity contribution < 1.29 is 0 Å². The lowest BCUT2D eigenvalue weighted by Crippen LogP contribution is -2.25. The summed E-state index contributed by atoms with van der Waals surface area (Å²) in [5.74, 6) is 1.95. The molecule has 0 aliphatic rings. The fourth-order valence-corrected chi connectivity index (χ4v) is 2.40. The van der Waals surface area contributed by atoms with Crippen molar-refractivity contribution in [3.8, 4) is 0 Å². The molecule has 0 atom stereocenters. The molecule has 0 unspecified atom stereocenters. The van der Waals surface area contributed by atoms with E-state index in [4.69, 9.17) is 0 Å². The van der Waals surface area contributed by atoms with Crippen molar-refractivity contribution in [3.63, 3.8) is 0 Å². The molecule has 0 aromatic carbocycles. The van der Waals surface area contributed by atoms with Crippen LogP contribution in [0.1, 0.15) is 57.5 Å². The molecular formula is C12H15Br6N3. The second kappa shape index (κ2) is 7.85. The first-order valence-electron chi connectivity index (χ1n) is 6.41. The number of halogens is 6. The zero-order chi connectivity index (χ0) is 16.5. The fraction of sp³-hybridized carbons (Fsp3) is 0.750. The first kappa shape index (κ1) is 20.9. The third-order valence-corrected chi connectivity index (χ3v) is 8.44. The van der Waals surface area contributed by atoms with Gasteiger partial charge in [-0.15, -0.1) is 0 Å². The van der Waals surface area contributed by atoms with Gasteiger partial charge in [0.25, 0.3) is 0 Å². The van der Waals surface area contributed by atoms with Gasteiger partial charge in [0.15, 0.2) is 17.5 Å². The van der Waals surface area contributed by atoms with Crippen molar-refractivity contribution in [2.75, 3.05) is 0 Å². The Morgan fingerprint density at radius 3 is 0.905 bits per heavy atom. The molecule has 3 nitrogen and oxygen atoms in total. The quantitative estimate of drug-likeness (QED) is 0.306. The summed E-state index contributed by atoms with van der Waals surface area (Å²) in [6, 6.07) is 0. The molecule has 0 radical (unpaired) electrons.